The van der Waals surface area contributed by atoms with Crippen LogP contribution in [0.3, 0.4) is 0 Å². The van der Waals surface area contributed by atoms with E-state index in [1.807, 2.05) is 0 Å². The highest BCUT2D eigenvalue weighted by Gasteiger charge is 2.43. The van der Waals surface area contributed by atoms with Gasteiger partial charge >= 0.3 is 12.1 Å². The number of rotatable bonds is 2. The van der Waals surface area contributed by atoms with E-state index in [4.69, 9.17) is 10.6 Å². The van der Waals surface area contributed by atoms with Crippen molar-refractivity contribution >= 4 is 5.91 Å². The Labute approximate surface area is 94.8 Å². The van der Waals surface area contributed by atoms with Gasteiger partial charge in [-0.15, -0.1) is 0 Å². The van der Waals surface area contributed by atoms with Gasteiger partial charge in [0.2, 0.25) is 0 Å². The molecule has 100 valence electrons. The Morgan fingerprint density at radius 3 is 2.65 bits per heavy atom. The van der Waals surface area contributed by atoms with Crippen LogP contribution in [0.4, 0.5) is 13.2 Å². The third-order valence-corrected chi connectivity index (χ3v) is 2.43. The van der Waals surface area contributed by atoms with Crippen LogP contribution in [0.1, 0.15) is 13.3 Å². The molecule has 1 aliphatic rings. The molecule has 0 aliphatic carbocycles. The first-order valence-corrected chi connectivity index (χ1v) is 4.82. The van der Waals surface area contributed by atoms with Crippen molar-refractivity contribution in [2.75, 3.05) is 0 Å². The van der Waals surface area contributed by atoms with E-state index in [1.54, 1.807) is 5.32 Å². The SMILES string of the molecule is CC1OC(ON)CC(NC(=O)C(F)(F)F)C1O. The maximum Gasteiger partial charge on any atom is 0.471 e. The first-order valence-electron chi connectivity index (χ1n) is 4.82. The number of nitrogens with one attached hydrogen (secondary N) is 1. The fourth-order valence-corrected chi connectivity index (χ4v) is 1.53. The lowest BCUT2D eigenvalue weighted by atomic mass is 9.99. The molecule has 17 heavy (non-hydrogen) atoms. The number of nitrogens with two attached hydrogens (primary N) is 1. The van der Waals surface area contributed by atoms with E-state index >= 15 is 0 Å². The van der Waals surface area contributed by atoms with Crippen LogP contribution in [-0.4, -0.2) is 41.7 Å². The molecule has 1 heterocycles. The van der Waals surface area contributed by atoms with Crippen LogP contribution in [0.5, 0.6) is 0 Å². The van der Waals surface area contributed by atoms with E-state index < -0.39 is 36.6 Å². The zero-order valence-corrected chi connectivity index (χ0v) is 8.90. The van der Waals surface area contributed by atoms with E-state index in [2.05, 4.69) is 4.84 Å². The minimum absolute atomic E-state index is 0.163. The molecule has 0 aromatic carbocycles. The zero-order valence-electron chi connectivity index (χ0n) is 8.90. The van der Waals surface area contributed by atoms with Crippen LogP contribution in [-0.2, 0) is 14.4 Å². The Balaban J connectivity index is 2.65. The summed E-state index contributed by atoms with van der Waals surface area (Å²) in [6, 6.07) is -1.12. The number of aliphatic hydroxyl groups is 1. The van der Waals surface area contributed by atoms with Gasteiger partial charge in [-0.1, -0.05) is 0 Å². The third-order valence-electron chi connectivity index (χ3n) is 2.43. The molecule has 1 amide bonds. The number of ether oxygens (including phenoxy) is 1. The third kappa shape index (κ3) is 3.53. The molecule has 0 spiro atoms. The lowest BCUT2D eigenvalue weighted by Gasteiger charge is -2.37. The summed E-state index contributed by atoms with van der Waals surface area (Å²) in [7, 11) is 0. The van der Waals surface area contributed by atoms with Gasteiger partial charge < -0.3 is 15.2 Å². The normalized spacial score (nSPS) is 34.5. The molecule has 4 N–H and O–H groups in total. The van der Waals surface area contributed by atoms with Crippen molar-refractivity contribution in [1.82, 2.24) is 5.32 Å². The monoisotopic (exact) mass is 258 g/mol. The summed E-state index contributed by atoms with van der Waals surface area (Å²) in [6.07, 6.45) is -8.18. The Hall–Kier alpha value is -0.900. The van der Waals surface area contributed by atoms with Crippen molar-refractivity contribution in [2.45, 2.75) is 44.1 Å². The van der Waals surface area contributed by atoms with Crippen LogP contribution < -0.4 is 11.2 Å². The van der Waals surface area contributed by atoms with Crippen LogP contribution in [0.2, 0.25) is 0 Å². The maximum absolute atomic E-state index is 12.0. The van der Waals surface area contributed by atoms with E-state index in [-0.39, 0.29) is 6.42 Å². The van der Waals surface area contributed by atoms with Gasteiger partial charge in [0.05, 0.1) is 12.1 Å². The predicted molar refractivity (Wildman–Crippen MR) is 48.2 cm³/mol. The second-order valence-electron chi connectivity index (χ2n) is 3.71. The van der Waals surface area contributed by atoms with Gasteiger partial charge in [-0.05, 0) is 6.92 Å². The summed E-state index contributed by atoms with van der Waals surface area (Å²) >= 11 is 0. The Morgan fingerprint density at radius 2 is 2.18 bits per heavy atom. The largest absolute Gasteiger partial charge is 0.471 e. The van der Waals surface area contributed by atoms with Gasteiger partial charge in [0.1, 0.15) is 6.10 Å². The lowest BCUT2D eigenvalue weighted by molar-refractivity contribution is -0.229. The number of hydrogen-bond donors (Lipinski definition) is 3. The summed E-state index contributed by atoms with van der Waals surface area (Å²) in [5.41, 5.74) is 0. The number of carbonyl (C=O) groups excluding carboxylic acids is 1. The highest BCUT2D eigenvalue weighted by molar-refractivity contribution is 5.82. The minimum atomic E-state index is -5.00. The second-order valence-corrected chi connectivity index (χ2v) is 3.71. The molecular weight excluding hydrogens is 245 g/mol. The van der Waals surface area contributed by atoms with Crippen molar-refractivity contribution in [2.24, 2.45) is 5.90 Å². The summed E-state index contributed by atoms with van der Waals surface area (Å²) in [6.45, 7) is 1.43. The van der Waals surface area contributed by atoms with Gasteiger partial charge in [0, 0.05) is 6.42 Å². The van der Waals surface area contributed by atoms with Gasteiger partial charge in [-0.2, -0.15) is 13.2 Å². The van der Waals surface area contributed by atoms with Gasteiger partial charge in [-0.3, -0.25) is 9.63 Å². The van der Waals surface area contributed by atoms with Gasteiger partial charge in [-0.25, -0.2) is 5.90 Å². The number of aliphatic hydroxyl groups excluding tert-OH is 1. The molecule has 1 rings (SSSR count). The van der Waals surface area contributed by atoms with E-state index in [0.29, 0.717) is 0 Å². The smallest absolute Gasteiger partial charge is 0.388 e. The number of halogens is 3. The van der Waals surface area contributed by atoms with Gasteiger partial charge in [0.25, 0.3) is 0 Å². The molecule has 0 bridgehead atoms. The standard InChI is InChI=1S/C8H13F3N2O4/c1-3-6(14)4(2-5(16-3)17-12)13-7(15)8(9,10)11/h3-6,14H,2,12H2,1H3,(H,13,15). The molecule has 6 nitrogen and oxygen atoms in total. The summed E-state index contributed by atoms with van der Waals surface area (Å²) in [5.74, 6) is 2.73. The summed E-state index contributed by atoms with van der Waals surface area (Å²) in [5, 5.41) is 11.2. The molecule has 0 aromatic heterocycles. The topological polar surface area (TPSA) is 93.8 Å². The highest BCUT2D eigenvalue weighted by atomic mass is 19.4. The van der Waals surface area contributed by atoms with Crippen LogP contribution in [0.15, 0.2) is 0 Å². The quantitative estimate of drug-likeness (QED) is 0.576. The maximum atomic E-state index is 12.0. The number of amides is 1. The number of alkyl halides is 3. The summed E-state index contributed by atoms with van der Waals surface area (Å²) in [4.78, 5) is 15.1. The molecule has 0 saturated carbocycles. The van der Waals surface area contributed by atoms with Crippen molar-refractivity contribution in [3.8, 4) is 0 Å². The van der Waals surface area contributed by atoms with Crippen molar-refractivity contribution in [3.05, 3.63) is 0 Å². The second kappa shape index (κ2) is 5.17. The molecule has 4 unspecified atom stereocenters. The average molecular weight is 258 g/mol. The summed E-state index contributed by atoms with van der Waals surface area (Å²) < 4.78 is 41.1. The fraction of sp³-hybridized carbons (Fsp3) is 0.875. The molecule has 1 aliphatic heterocycles. The molecule has 1 fully saturated rings. The van der Waals surface area contributed by atoms with Crippen LogP contribution in [0.25, 0.3) is 0 Å². The van der Waals surface area contributed by atoms with Crippen molar-refractivity contribution < 1.29 is 32.6 Å². The molecule has 0 aromatic rings. The molecule has 0 radical (unpaired) electrons. The molecular formula is C8H13F3N2O4. The van der Waals surface area contributed by atoms with E-state index in [0.717, 1.165) is 0 Å². The van der Waals surface area contributed by atoms with Crippen LogP contribution >= 0.6 is 0 Å². The zero-order chi connectivity index (χ0) is 13.2. The lowest BCUT2D eigenvalue weighted by Crippen LogP contribution is -2.57. The Bertz CT molecular complexity index is 286. The Morgan fingerprint density at radius 1 is 1.59 bits per heavy atom. The highest BCUT2D eigenvalue weighted by Crippen LogP contribution is 2.22. The molecule has 1 saturated heterocycles. The Kier molecular flexibility index (Phi) is 4.31. The predicted octanol–water partition coefficient (Wildman–Crippen LogP) is -0.580. The first kappa shape index (κ1) is 14.2. The van der Waals surface area contributed by atoms with Crippen LogP contribution in [0, 0.1) is 0 Å². The van der Waals surface area contributed by atoms with Crippen molar-refractivity contribution in [1.29, 1.82) is 0 Å². The minimum Gasteiger partial charge on any atom is -0.388 e. The van der Waals surface area contributed by atoms with E-state index in [1.165, 1.54) is 6.92 Å². The fourth-order valence-electron chi connectivity index (χ4n) is 1.53. The number of carbonyl (C=O) groups is 1. The first-order chi connectivity index (χ1) is 7.75. The number of hydrogen-bond acceptors (Lipinski definition) is 5. The molecule has 9 heteroatoms. The van der Waals surface area contributed by atoms with Crippen molar-refractivity contribution in [3.63, 3.8) is 0 Å². The average Bonchev–Trinajstić information content (AvgIpc) is 2.22. The van der Waals surface area contributed by atoms with E-state index in [9.17, 15) is 23.1 Å². The van der Waals surface area contributed by atoms with Gasteiger partial charge in [0.15, 0.2) is 6.29 Å². The molecule has 4 atom stereocenters.